The van der Waals surface area contributed by atoms with Gasteiger partial charge in [-0.05, 0) is 6.92 Å². The van der Waals surface area contributed by atoms with Crippen LogP contribution in [0.15, 0.2) is 35.9 Å². The van der Waals surface area contributed by atoms with Gasteiger partial charge in [0.1, 0.15) is 25.6 Å². The molecule has 0 saturated carbocycles. The molecule has 0 rings (SSSR count). The summed E-state index contributed by atoms with van der Waals surface area (Å²) in [6.07, 6.45) is 4.59. The van der Waals surface area contributed by atoms with E-state index in [1.54, 1.807) is 6.92 Å². The van der Waals surface area contributed by atoms with Gasteiger partial charge in [0.15, 0.2) is 0 Å². The van der Waals surface area contributed by atoms with Gasteiger partial charge in [-0.1, -0.05) is 23.4 Å². The predicted molar refractivity (Wildman–Crippen MR) is 83.4 cm³/mol. The highest BCUT2D eigenvalue weighted by Crippen LogP contribution is 2.49. The van der Waals surface area contributed by atoms with E-state index in [1.165, 1.54) is 12.2 Å². The summed E-state index contributed by atoms with van der Waals surface area (Å²) in [6.45, 7) is 7.65. The standard InChI is InChI=1S/C12H19N4O8P/c1-4-20-15(13-11-17)7-9-23-25(19,22-6-3)24-10-8-16(14-12-18)21-5-2/h4-5H,1-2,6-10H2,3H3. The highest BCUT2D eigenvalue weighted by Gasteiger charge is 2.26. The Balaban J connectivity index is 4.53. The summed E-state index contributed by atoms with van der Waals surface area (Å²) in [6, 6.07) is 0. The second-order valence-electron chi connectivity index (χ2n) is 3.61. The van der Waals surface area contributed by atoms with Gasteiger partial charge in [-0.15, -0.1) is 10.3 Å². The van der Waals surface area contributed by atoms with Crippen molar-refractivity contribution in [2.45, 2.75) is 6.92 Å². The molecule has 0 N–H and O–H groups in total. The normalized spacial score (nSPS) is 11.9. The van der Waals surface area contributed by atoms with Gasteiger partial charge in [0.2, 0.25) is 0 Å². The van der Waals surface area contributed by atoms with Crippen molar-refractivity contribution in [1.82, 2.24) is 10.3 Å². The number of carbonyl (C=O) groups excluding carboxylic acids is 2. The van der Waals surface area contributed by atoms with Crippen LogP contribution in [0.4, 0.5) is 0 Å². The van der Waals surface area contributed by atoms with Crippen LogP contribution in [-0.4, -0.2) is 55.4 Å². The summed E-state index contributed by atoms with van der Waals surface area (Å²) < 4.78 is 27.5. The molecule has 0 unspecified atom stereocenters. The van der Waals surface area contributed by atoms with E-state index in [1.807, 2.05) is 0 Å². The Hall–Kier alpha value is -2.45. The molecule has 0 saturated heterocycles. The lowest BCUT2D eigenvalue weighted by atomic mass is 10.7. The fourth-order valence-electron chi connectivity index (χ4n) is 1.25. The average molecular weight is 378 g/mol. The van der Waals surface area contributed by atoms with Gasteiger partial charge >= 0.3 is 7.82 Å². The third kappa shape index (κ3) is 10.9. The quantitative estimate of drug-likeness (QED) is 0.128. The van der Waals surface area contributed by atoms with Crippen molar-refractivity contribution in [2.75, 3.05) is 32.9 Å². The van der Waals surface area contributed by atoms with Gasteiger partial charge in [0, 0.05) is 0 Å². The van der Waals surface area contributed by atoms with Crippen LogP contribution < -0.4 is 0 Å². The van der Waals surface area contributed by atoms with E-state index < -0.39 is 7.82 Å². The molecule has 0 fully saturated rings. The number of hydrogen-bond acceptors (Lipinski definition) is 12. The molecule has 0 aliphatic heterocycles. The van der Waals surface area contributed by atoms with E-state index in [0.29, 0.717) is 0 Å². The minimum absolute atomic E-state index is 0.0516. The molecular weight excluding hydrogens is 359 g/mol. The second-order valence-corrected chi connectivity index (χ2v) is 5.28. The van der Waals surface area contributed by atoms with E-state index in [0.717, 1.165) is 22.9 Å². The Morgan fingerprint density at radius 1 is 0.960 bits per heavy atom. The van der Waals surface area contributed by atoms with Gasteiger partial charge in [-0.3, -0.25) is 13.6 Å². The molecule has 0 amide bonds. The zero-order valence-corrected chi connectivity index (χ0v) is 14.5. The molecule has 140 valence electrons. The summed E-state index contributed by atoms with van der Waals surface area (Å²) in [4.78, 5) is 29.9. The summed E-state index contributed by atoms with van der Waals surface area (Å²) in [5.74, 6) is 0. The Morgan fingerprint density at radius 3 is 1.72 bits per heavy atom. The van der Waals surface area contributed by atoms with Gasteiger partial charge in [-0.2, -0.15) is 0 Å². The lowest BCUT2D eigenvalue weighted by Gasteiger charge is -2.20. The number of nitrogens with zero attached hydrogens (tertiary/aromatic N) is 4. The summed E-state index contributed by atoms with van der Waals surface area (Å²) in [7, 11) is -3.90. The van der Waals surface area contributed by atoms with E-state index in [4.69, 9.17) is 23.2 Å². The Morgan fingerprint density at radius 2 is 1.40 bits per heavy atom. The van der Waals surface area contributed by atoms with Crippen molar-refractivity contribution in [3.63, 3.8) is 0 Å². The highest BCUT2D eigenvalue weighted by atomic mass is 31.2. The SMILES string of the molecule is C=CON(CCOP(=O)(OCC)OCCN(N=C=O)OC=C)N=C=O. The molecule has 0 aromatic heterocycles. The molecule has 0 aromatic rings. The minimum Gasteiger partial charge on any atom is -0.370 e. The van der Waals surface area contributed by atoms with Crippen molar-refractivity contribution in [1.29, 1.82) is 0 Å². The molecule has 0 heterocycles. The third-order valence-electron chi connectivity index (χ3n) is 2.05. The highest BCUT2D eigenvalue weighted by molar-refractivity contribution is 7.48. The van der Waals surface area contributed by atoms with Crippen LogP contribution >= 0.6 is 7.82 Å². The molecule has 0 radical (unpaired) electrons. The third-order valence-corrected chi connectivity index (χ3v) is 3.62. The maximum Gasteiger partial charge on any atom is 0.474 e. The fourth-order valence-corrected chi connectivity index (χ4v) is 2.40. The first-order valence-electron chi connectivity index (χ1n) is 6.84. The molecule has 0 atom stereocenters. The number of hydroxylamine groups is 2. The van der Waals surface area contributed by atoms with Crippen molar-refractivity contribution in [3.05, 3.63) is 25.7 Å². The van der Waals surface area contributed by atoms with Crippen LogP contribution in [-0.2, 0) is 37.4 Å². The topological polar surface area (TPSA) is 129 Å². The monoisotopic (exact) mass is 378 g/mol. The molecule has 25 heavy (non-hydrogen) atoms. The first-order valence-corrected chi connectivity index (χ1v) is 8.30. The molecule has 0 aliphatic rings. The molecule has 0 bridgehead atoms. The number of hydrogen-bond donors (Lipinski definition) is 0. The number of isocyanates is 2. The smallest absolute Gasteiger partial charge is 0.370 e. The number of phosphoric ester groups is 1. The van der Waals surface area contributed by atoms with Crippen LogP contribution in [0.1, 0.15) is 6.92 Å². The summed E-state index contributed by atoms with van der Waals surface area (Å²) in [5.41, 5.74) is 0. The van der Waals surface area contributed by atoms with E-state index in [9.17, 15) is 14.2 Å². The van der Waals surface area contributed by atoms with Crippen molar-refractivity contribution in [3.8, 4) is 0 Å². The lowest BCUT2D eigenvalue weighted by molar-refractivity contribution is -0.112. The van der Waals surface area contributed by atoms with Crippen LogP contribution in [0.5, 0.6) is 0 Å². The summed E-state index contributed by atoms with van der Waals surface area (Å²) >= 11 is 0. The minimum atomic E-state index is -3.90. The van der Waals surface area contributed by atoms with Crippen molar-refractivity contribution >= 4 is 20.0 Å². The van der Waals surface area contributed by atoms with Gasteiger partial charge in [0.25, 0.3) is 12.2 Å². The van der Waals surface area contributed by atoms with Gasteiger partial charge < -0.3 is 9.68 Å². The van der Waals surface area contributed by atoms with Crippen LogP contribution in [0.2, 0.25) is 0 Å². The maximum atomic E-state index is 12.4. The Bertz CT molecular complexity index is 505. The molecule has 12 nitrogen and oxygen atoms in total. The molecular formula is C12H19N4O8P. The van der Waals surface area contributed by atoms with Gasteiger partial charge in [0.05, 0.1) is 19.8 Å². The lowest BCUT2D eigenvalue weighted by Crippen LogP contribution is -2.22. The molecule has 0 spiro atoms. The van der Waals surface area contributed by atoms with E-state index >= 15 is 0 Å². The van der Waals surface area contributed by atoms with E-state index in [2.05, 4.69) is 23.4 Å². The Kier molecular flexibility index (Phi) is 12.6. The van der Waals surface area contributed by atoms with Crippen LogP contribution in [0, 0.1) is 0 Å². The first kappa shape index (κ1) is 22.6. The second kappa shape index (κ2) is 13.9. The fraction of sp³-hybridized carbons (Fsp3) is 0.500. The molecule has 13 heteroatoms. The number of phosphoric acid groups is 1. The Labute approximate surface area is 144 Å². The number of hydrazone groups is 2. The van der Waals surface area contributed by atoms with Crippen molar-refractivity contribution < 1.29 is 37.4 Å². The number of rotatable bonds is 16. The van der Waals surface area contributed by atoms with Gasteiger partial charge in [-0.25, -0.2) is 14.2 Å². The van der Waals surface area contributed by atoms with Crippen LogP contribution in [0.3, 0.4) is 0 Å². The molecule has 0 aromatic carbocycles. The average Bonchev–Trinajstić information content (AvgIpc) is 2.56. The summed E-state index contributed by atoms with van der Waals surface area (Å²) in [5, 5.41) is 8.04. The zero-order valence-electron chi connectivity index (χ0n) is 13.6. The maximum absolute atomic E-state index is 12.4. The van der Waals surface area contributed by atoms with E-state index in [-0.39, 0.29) is 32.9 Å². The van der Waals surface area contributed by atoms with Crippen molar-refractivity contribution in [2.24, 2.45) is 10.2 Å². The first-order chi connectivity index (χ1) is 12.0. The predicted octanol–water partition coefficient (Wildman–Crippen LogP) is 1.42. The van der Waals surface area contributed by atoms with Crippen LogP contribution in [0.25, 0.3) is 0 Å². The largest absolute Gasteiger partial charge is 0.474 e. The molecule has 0 aliphatic carbocycles. The zero-order chi connectivity index (χ0) is 19.0.